The number of non-ortho nitro benzene ring substituents is 1. The number of hydrogen-bond donors (Lipinski definition) is 1. The van der Waals surface area contributed by atoms with Gasteiger partial charge in [0.25, 0.3) is 5.69 Å². The molecule has 0 aliphatic carbocycles. The highest BCUT2D eigenvalue weighted by Gasteiger charge is 2.37. The lowest BCUT2D eigenvalue weighted by Gasteiger charge is -2.38. The van der Waals surface area contributed by atoms with Crippen LogP contribution >= 0.6 is 0 Å². The molecular weight excluding hydrogens is 488 g/mol. The van der Waals surface area contributed by atoms with Crippen LogP contribution in [-0.2, 0) is 21.7 Å². The van der Waals surface area contributed by atoms with Crippen molar-refractivity contribution in [3.05, 3.63) is 94.1 Å². The lowest BCUT2D eigenvalue weighted by Crippen LogP contribution is -2.48. The van der Waals surface area contributed by atoms with Gasteiger partial charge in [-0.05, 0) is 30.5 Å². The summed E-state index contributed by atoms with van der Waals surface area (Å²) in [4.78, 5) is 28.4. The molecule has 2 heterocycles. The van der Waals surface area contributed by atoms with Gasteiger partial charge < -0.3 is 9.84 Å². The van der Waals surface area contributed by atoms with Gasteiger partial charge in [0.1, 0.15) is 36.0 Å². The summed E-state index contributed by atoms with van der Waals surface area (Å²) in [6.45, 7) is 0.889. The molecule has 4 rings (SSSR count). The van der Waals surface area contributed by atoms with Crippen molar-refractivity contribution in [2.24, 2.45) is 0 Å². The Morgan fingerprint density at radius 3 is 2.68 bits per heavy atom. The third-order valence-electron chi connectivity index (χ3n) is 6.12. The average molecular weight is 514 g/mol. The van der Waals surface area contributed by atoms with Gasteiger partial charge in [-0.3, -0.25) is 15.0 Å². The van der Waals surface area contributed by atoms with E-state index in [1.165, 1.54) is 53.8 Å². The van der Waals surface area contributed by atoms with E-state index in [1.807, 2.05) is 4.90 Å². The largest absolute Gasteiger partial charge is 0.459 e. The number of carbonyl (C=O) groups is 1. The monoisotopic (exact) mass is 513 g/mol. The van der Waals surface area contributed by atoms with Crippen molar-refractivity contribution in [3.8, 4) is 0 Å². The Hall–Kier alpha value is -4.03. The van der Waals surface area contributed by atoms with Crippen molar-refractivity contribution in [2.75, 3.05) is 19.6 Å². The van der Waals surface area contributed by atoms with E-state index in [0.717, 1.165) is 12.1 Å². The van der Waals surface area contributed by atoms with E-state index in [0.29, 0.717) is 31.5 Å². The van der Waals surface area contributed by atoms with Crippen LogP contribution in [0.3, 0.4) is 0 Å². The number of halogens is 2. The van der Waals surface area contributed by atoms with Crippen LogP contribution in [0.1, 0.15) is 24.0 Å². The zero-order chi connectivity index (χ0) is 26.4. The van der Waals surface area contributed by atoms with Crippen LogP contribution in [0, 0.1) is 21.7 Å². The molecule has 37 heavy (non-hydrogen) atoms. The van der Waals surface area contributed by atoms with Gasteiger partial charge in [-0.2, -0.15) is 5.10 Å². The number of nitro groups is 1. The number of β-amino-alcohol motifs (C(OH)–C–C–N with tert-alkyl or cyclic N) is 1. The van der Waals surface area contributed by atoms with Gasteiger partial charge in [0.15, 0.2) is 0 Å². The number of carbonyl (C=O) groups excluding carboxylic acids is 1. The van der Waals surface area contributed by atoms with Crippen molar-refractivity contribution >= 4 is 17.7 Å². The van der Waals surface area contributed by atoms with Crippen LogP contribution < -0.4 is 0 Å². The number of nitrogens with zero attached hydrogens (tertiary/aromatic N) is 5. The van der Waals surface area contributed by atoms with Crippen LogP contribution in [0.2, 0.25) is 0 Å². The number of rotatable bonds is 9. The van der Waals surface area contributed by atoms with Crippen molar-refractivity contribution in [2.45, 2.75) is 31.1 Å². The minimum atomic E-state index is -1.71. The molecule has 1 saturated heterocycles. The molecule has 1 aromatic heterocycles. The van der Waals surface area contributed by atoms with Crippen molar-refractivity contribution in [1.82, 2.24) is 19.7 Å². The average Bonchev–Trinajstić information content (AvgIpc) is 3.36. The third kappa shape index (κ3) is 6.80. The SMILES string of the molecule is O=C(/C=C/c1cccc([N+](=O)[O-])c1)OC1CCN(CC(O)(Cn2cncn2)c2ccc(F)cc2F)CC1. The first-order chi connectivity index (χ1) is 17.7. The molecule has 1 unspecified atom stereocenters. The predicted octanol–water partition coefficient (Wildman–Crippen LogP) is 3.07. The second-order valence-electron chi connectivity index (χ2n) is 8.85. The summed E-state index contributed by atoms with van der Waals surface area (Å²) < 4.78 is 35.0. The number of nitro benzene ring substituents is 1. The van der Waals surface area contributed by atoms with E-state index in [4.69, 9.17) is 4.74 Å². The fraction of sp³-hybridized carbons (Fsp3) is 0.320. The second-order valence-corrected chi connectivity index (χ2v) is 8.85. The molecule has 0 saturated carbocycles. The Kier molecular flexibility index (Phi) is 7.99. The minimum absolute atomic E-state index is 0.0444. The highest BCUT2D eigenvalue weighted by Crippen LogP contribution is 2.29. The van der Waals surface area contributed by atoms with Gasteiger partial charge in [-0.15, -0.1) is 0 Å². The fourth-order valence-electron chi connectivity index (χ4n) is 4.33. The molecule has 3 aromatic rings. The number of hydrogen-bond acceptors (Lipinski definition) is 8. The first-order valence-corrected chi connectivity index (χ1v) is 11.6. The summed E-state index contributed by atoms with van der Waals surface area (Å²) in [5.41, 5.74) is -1.34. The molecule has 2 aromatic carbocycles. The maximum atomic E-state index is 14.6. The number of aromatic nitrogens is 3. The van der Waals surface area contributed by atoms with E-state index in [1.54, 1.807) is 6.07 Å². The number of piperidine rings is 1. The number of benzene rings is 2. The predicted molar refractivity (Wildman–Crippen MR) is 128 cm³/mol. The van der Waals surface area contributed by atoms with Gasteiger partial charge in [-0.1, -0.05) is 18.2 Å². The van der Waals surface area contributed by atoms with E-state index in [-0.39, 0.29) is 30.4 Å². The molecule has 1 atom stereocenters. The normalized spacial score (nSPS) is 16.5. The Morgan fingerprint density at radius 2 is 2.00 bits per heavy atom. The summed E-state index contributed by atoms with van der Waals surface area (Å²) >= 11 is 0. The van der Waals surface area contributed by atoms with Crippen molar-refractivity contribution in [1.29, 1.82) is 0 Å². The molecule has 1 N–H and O–H groups in total. The quantitative estimate of drug-likeness (QED) is 0.200. The number of likely N-dealkylation sites (tertiary alicyclic amines) is 1. The molecule has 0 amide bonds. The van der Waals surface area contributed by atoms with Crippen molar-refractivity contribution in [3.63, 3.8) is 0 Å². The van der Waals surface area contributed by atoms with Crippen LogP contribution in [0.25, 0.3) is 6.08 Å². The van der Waals surface area contributed by atoms with Gasteiger partial charge in [0.05, 0.1) is 11.5 Å². The Balaban J connectivity index is 1.35. The number of ether oxygens (including phenoxy) is 1. The molecule has 0 spiro atoms. The Morgan fingerprint density at radius 1 is 1.22 bits per heavy atom. The summed E-state index contributed by atoms with van der Waals surface area (Å²) in [7, 11) is 0. The van der Waals surface area contributed by atoms with Gasteiger partial charge in [0.2, 0.25) is 0 Å². The Bertz CT molecular complexity index is 1280. The molecule has 194 valence electrons. The first-order valence-electron chi connectivity index (χ1n) is 11.6. The molecule has 0 radical (unpaired) electrons. The molecule has 12 heteroatoms. The molecule has 0 bridgehead atoms. The molecule has 1 aliphatic heterocycles. The first kappa shape index (κ1) is 26.0. The summed E-state index contributed by atoms with van der Waals surface area (Å²) in [6.07, 6.45) is 5.99. The van der Waals surface area contributed by atoms with Crippen LogP contribution in [0.5, 0.6) is 0 Å². The van der Waals surface area contributed by atoms with Crippen LogP contribution in [0.15, 0.2) is 61.2 Å². The van der Waals surface area contributed by atoms with E-state index in [2.05, 4.69) is 10.1 Å². The molecule has 1 aliphatic rings. The van der Waals surface area contributed by atoms with Crippen LogP contribution in [0.4, 0.5) is 14.5 Å². The number of aliphatic hydroxyl groups is 1. The highest BCUT2D eigenvalue weighted by atomic mass is 19.1. The summed E-state index contributed by atoms with van der Waals surface area (Å²) in [6, 6.07) is 8.93. The highest BCUT2D eigenvalue weighted by molar-refractivity contribution is 5.87. The lowest BCUT2D eigenvalue weighted by atomic mass is 9.91. The van der Waals surface area contributed by atoms with Gasteiger partial charge in [0, 0.05) is 49.5 Å². The molecular formula is C25H25F2N5O5. The standard InChI is InChI=1S/C25H25F2N5O5/c26-19-5-6-22(23(27)13-19)25(34,15-31-17-28-16-29-31)14-30-10-8-21(9-11-30)37-24(33)7-4-18-2-1-3-20(12-18)32(35)36/h1-7,12-13,16-17,21,34H,8-11,14-15H2/b7-4+. The van der Waals surface area contributed by atoms with E-state index in [9.17, 15) is 28.8 Å². The van der Waals surface area contributed by atoms with E-state index < -0.39 is 28.1 Å². The zero-order valence-electron chi connectivity index (χ0n) is 19.7. The summed E-state index contributed by atoms with van der Waals surface area (Å²) in [5, 5.41) is 26.4. The lowest BCUT2D eigenvalue weighted by molar-refractivity contribution is -0.384. The van der Waals surface area contributed by atoms with E-state index >= 15 is 0 Å². The van der Waals surface area contributed by atoms with Crippen LogP contribution in [-0.4, -0.2) is 61.4 Å². The second kappa shape index (κ2) is 11.4. The van der Waals surface area contributed by atoms with Gasteiger partial charge >= 0.3 is 5.97 Å². The third-order valence-corrected chi connectivity index (χ3v) is 6.12. The topological polar surface area (TPSA) is 124 Å². The van der Waals surface area contributed by atoms with Crippen molar-refractivity contribution < 1.29 is 28.3 Å². The minimum Gasteiger partial charge on any atom is -0.459 e. The maximum Gasteiger partial charge on any atom is 0.331 e. The molecule has 10 nitrogen and oxygen atoms in total. The smallest absolute Gasteiger partial charge is 0.331 e. The summed E-state index contributed by atoms with van der Waals surface area (Å²) in [5.74, 6) is -2.17. The van der Waals surface area contributed by atoms with Gasteiger partial charge in [-0.25, -0.2) is 23.2 Å². The maximum absolute atomic E-state index is 14.6. The Labute approximate surface area is 211 Å². The fourth-order valence-corrected chi connectivity index (χ4v) is 4.33. The number of esters is 1. The molecule has 1 fully saturated rings. The zero-order valence-corrected chi connectivity index (χ0v) is 19.7.